The van der Waals surface area contributed by atoms with Crippen LogP contribution in [0.5, 0.6) is 0 Å². The van der Waals surface area contributed by atoms with Crippen molar-refractivity contribution >= 4 is 17.6 Å². The van der Waals surface area contributed by atoms with E-state index in [0.717, 1.165) is 25.7 Å². The Labute approximate surface area is 129 Å². The van der Waals surface area contributed by atoms with Gasteiger partial charge in [-0.1, -0.05) is 0 Å². The van der Waals surface area contributed by atoms with Crippen LogP contribution in [0.2, 0.25) is 0 Å². The van der Waals surface area contributed by atoms with Crippen LogP contribution in [0.4, 0.5) is 10.1 Å². The fraction of sp³-hybridized carbons (Fsp3) is 0.500. The number of rotatable bonds is 5. The van der Waals surface area contributed by atoms with Gasteiger partial charge in [0.25, 0.3) is 0 Å². The summed E-state index contributed by atoms with van der Waals surface area (Å²) in [5, 5.41) is 5.89. The summed E-state index contributed by atoms with van der Waals surface area (Å²) in [5.41, 5.74) is 0.572. The number of halogens is 1. The minimum Gasteiger partial charge on any atom is -0.469 e. The van der Waals surface area contributed by atoms with Gasteiger partial charge in [-0.05, 0) is 49.9 Å². The number of benzene rings is 1. The van der Waals surface area contributed by atoms with Crippen molar-refractivity contribution in [3.63, 3.8) is 0 Å². The van der Waals surface area contributed by atoms with Gasteiger partial charge < -0.3 is 15.4 Å². The summed E-state index contributed by atoms with van der Waals surface area (Å²) in [6.45, 7) is 0.199. The molecular formula is C16H21FN2O3. The average Bonchev–Trinajstić information content (AvgIpc) is 2.55. The van der Waals surface area contributed by atoms with Crippen LogP contribution < -0.4 is 10.6 Å². The van der Waals surface area contributed by atoms with E-state index in [1.54, 1.807) is 0 Å². The number of hydrogen-bond donors (Lipinski definition) is 2. The van der Waals surface area contributed by atoms with Crippen molar-refractivity contribution in [2.24, 2.45) is 5.92 Å². The number of hydrogen-bond acceptors (Lipinski definition) is 4. The molecule has 2 rings (SSSR count). The summed E-state index contributed by atoms with van der Waals surface area (Å²) in [4.78, 5) is 23.3. The first-order valence-electron chi connectivity index (χ1n) is 7.45. The SMILES string of the molecule is COC(=O)C1CCC(NCC(=O)Nc2ccc(F)cc2)CC1. The highest BCUT2D eigenvalue weighted by atomic mass is 19.1. The van der Waals surface area contributed by atoms with Crippen LogP contribution >= 0.6 is 0 Å². The zero-order chi connectivity index (χ0) is 15.9. The molecule has 0 spiro atoms. The van der Waals surface area contributed by atoms with Gasteiger partial charge in [0.05, 0.1) is 19.6 Å². The molecule has 1 aromatic rings. The van der Waals surface area contributed by atoms with E-state index in [-0.39, 0.29) is 36.2 Å². The van der Waals surface area contributed by atoms with E-state index in [4.69, 9.17) is 4.74 Å². The summed E-state index contributed by atoms with van der Waals surface area (Å²) in [7, 11) is 1.41. The number of anilines is 1. The monoisotopic (exact) mass is 308 g/mol. The molecule has 2 N–H and O–H groups in total. The maximum absolute atomic E-state index is 12.8. The molecule has 1 aromatic carbocycles. The molecule has 0 bridgehead atoms. The van der Waals surface area contributed by atoms with Crippen LogP contribution in [-0.4, -0.2) is 31.6 Å². The van der Waals surface area contributed by atoms with Crippen molar-refractivity contribution in [2.45, 2.75) is 31.7 Å². The third-order valence-corrected chi connectivity index (χ3v) is 3.94. The van der Waals surface area contributed by atoms with Gasteiger partial charge in [-0.15, -0.1) is 0 Å². The molecule has 0 unspecified atom stereocenters. The highest BCUT2D eigenvalue weighted by Crippen LogP contribution is 2.25. The van der Waals surface area contributed by atoms with Crippen LogP contribution in [0.15, 0.2) is 24.3 Å². The van der Waals surface area contributed by atoms with Crippen molar-refractivity contribution in [3.8, 4) is 0 Å². The highest BCUT2D eigenvalue weighted by molar-refractivity contribution is 5.92. The molecule has 1 aliphatic rings. The van der Waals surface area contributed by atoms with Crippen molar-refractivity contribution in [3.05, 3.63) is 30.1 Å². The quantitative estimate of drug-likeness (QED) is 0.817. The Balaban J connectivity index is 1.69. The molecule has 0 heterocycles. The molecule has 0 aliphatic heterocycles. The van der Waals surface area contributed by atoms with Gasteiger partial charge >= 0.3 is 5.97 Å². The molecule has 1 saturated carbocycles. The van der Waals surface area contributed by atoms with Gasteiger partial charge in [-0.3, -0.25) is 9.59 Å². The third kappa shape index (κ3) is 4.80. The van der Waals surface area contributed by atoms with Crippen LogP contribution in [0.25, 0.3) is 0 Å². The summed E-state index contributed by atoms with van der Waals surface area (Å²) < 4.78 is 17.5. The van der Waals surface area contributed by atoms with Crippen molar-refractivity contribution in [1.82, 2.24) is 5.32 Å². The van der Waals surface area contributed by atoms with E-state index in [1.807, 2.05) is 0 Å². The number of carbonyl (C=O) groups is 2. The molecule has 1 aliphatic carbocycles. The normalized spacial score (nSPS) is 21.2. The Morgan fingerprint density at radius 3 is 2.41 bits per heavy atom. The Kier molecular flexibility index (Phi) is 5.89. The minimum atomic E-state index is -0.335. The lowest BCUT2D eigenvalue weighted by Crippen LogP contribution is -2.39. The number of ether oxygens (including phenoxy) is 1. The van der Waals surface area contributed by atoms with Crippen LogP contribution in [0.3, 0.4) is 0 Å². The topological polar surface area (TPSA) is 67.4 Å². The molecule has 0 aromatic heterocycles. The second-order valence-electron chi connectivity index (χ2n) is 5.51. The largest absolute Gasteiger partial charge is 0.469 e. The maximum Gasteiger partial charge on any atom is 0.308 e. The molecule has 0 radical (unpaired) electrons. The Morgan fingerprint density at radius 1 is 1.18 bits per heavy atom. The lowest BCUT2D eigenvalue weighted by atomic mass is 9.86. The summed E-state index contributed by atoms with van der Waals surface area (Å²) in [5.74, 6) is -0.663. The van der Waals surface area contributed by atoms with E-state index < -0.39 is 0 Å². The van der Waals surface area contributed by atoms with Crippen molar-refractivity contribution in [1.29, 1.82) is 0 Å². The van der Waals surface area contributed by atoms with E-state index >= 15 is 0 Å². The van der Waals surface area contributed by atoms with Gasteiger partial charge in [0, 0.05) is 11.7 Å². The maximum atomic E-state index is 12.8. The number of amides is 1. The third-order valence-electron chi connectivity index (χ3n) is 3.94. The van der Waals surface area contributed by atoms with E-state index in [1.165, 1.54) is 31.4 Å². The highest BCUT2D eigenvalue weighted by Gasteiger charge is 2.26. The van der Waals surface area contributed by atoms with Gasteiger partial charge in [0.2, 0.25) is 5.91 Å². The van der Waals surface area contributed by atoms with Gasteiger partial charge in [0.1, 0.15) is 5.82 Å². The van der Waals surface area contributed by atoms with Gasteiger partial charge in [-0.2, -0.15) is 0 Å². The first-order valence-corrected chi connectivity index (χ1v) is 7.45. The van der Waals surface area contributed by atoms with Gasteiger partial charge in [-0.25, -0.2) is 4.39 Å². The molecule has 120 valence electrons. The molecule has 1 amide bonds. The first kappa shape index (κ1) is 16.4. The zero-order valence-electron chi connectivity index (χ0n) is 12.6. The van der Waals surface area contributed by atoms with Crippen LogP contribution in [-0.2, 0) is 14.3 Å². The molecule has 0 atom stereocenters. The predicted octanol–water partition coefficient (Wildman–Crippen LogP) is 2.09. The lowest BCUT2D eigenvalue weighted by Gasteiger charge is -2.27. The smallest absolute Gasteiger partial charge is 0.308 e. The molecule has 6 heteroatoms. The molecular weight excluding hydrogens is 287 g/mol. The number of esters is 1. The molecule has 22 heavy (non-hydrogen) atoms. The summed E-state index contributed by atoms with van der Waals surface area (Å²) >= 11 is 0. The van der Waals surface area contributed by atoms with Crippen molar-refractivity contribution < 1.29 is 18.7 Å². The Hall–Kier alpha value is -1.95. The number of methoxy groups -OCH3 is 1. The summed E-state index contributed by atoms with van der Waals surface area (Å²) in [6, 6.07) is 5.89. The lowest BCUT2D eigenvalue weighted by molar-refractivity contribution is -0.146. The van der Waals surface area contributed by atoms with Gasteiger partial charge in [0.15, 0.2) is 0 Å². The molecule has 5 nitrogen and oxygen atoms in total. The van der Waals surface area contributed by atoms with E-state index in [9.17, 15) is 14.0 Å². The van der Waals surface area contributed by atoms with E-state index in [2.05, 4.69) is 10.6 Å². The minimum absolute atomic E-state index is 0.0175. The van der Waals surface area contributed by atoms with Crippen molar-refractivity contribution in [2.75, 3.05) is 19.0 Å². The fourth-order valence-corrected chi connectivity index (χ4v) is 2.68. The standard InChI is InChI=1S/C16H21FN2O3/c1-22-16(21)11-2-6-13(7-3-11)18-10-15(20)19-14-8-4-12(17)5-9-14/h4-5,8-9,11,13,18H,2-3,6-7,10H2,1H3,(H,19,20). The summed E-state index contributed by atoms with van der Waals surface area (Å²) in [6.07, 6.45) is 3.26. The van der Waals surface area contributed by atoms with Crippen LogP contribution in [0.1, 0.15) is 25.7 Å². The second-order valence-corrected chi connectivity index (χ2v) is 5.51. The number of carbonyl (C=O) groups excluding carboxylic acids is 2. The second kappa shape index (κ2) is 7.89. The zero-order valence-corrected chi connectivity index (χ0v) is 12.6. The Morgan fingerprint density at radius 2 is 1.82 bits per heavy atom. The predicted molar refractivity (Wildman–Crippen MR) is 80.8 cm³/mol. The average molecular weight is 308 g/mol. The van der Waals surface area contributed by atoms with E-state index in [0.29, 0.717) is 5.69 Å². The number of nitrogens with one attached hydrogen (secondary N) is 2. The molecule has 1 fully saturated rings. The fourth-order valence-electron chi connectivity index (χ4n) is 2.68. The Bertz CT molecular complexity index is 511. The molecule has 0 saturated heterocycles. The van der Waals surface area contributed by atoms with Crippen LogP contribution in [0, 0.1) is 11.7 Å². The first-order chi connectivity index (χ1) is 10.6.